The summed E-state index contributed by atoms with van der Waals surface area (Å²) in [5.41, 5.74) is 6.67. The Morgan fingerprint density at radius 1 is 1.19 bits per heavy atom. The number of halogens is 1. The van der Waals surface area contributed by atoms with Crippen LogP contribution >= 0.6 is 0 Å². The molecule has 1 aliphatic rings. The van der Waals surface area contributed by atoms with Crippen LogP contribution < -0.4 is 20.5 Å². The number of carbonyl (C=O) groups is 1. The molecule has 2 aromatic carbocycles. The number of nitrogens with one attached hydrogen (secondary N) is 1. The van der Waals surface area contributed by atoms with Crippen molar-refractivity contribution in [2.75, 3.05) is 7.11 Å². The Bertz CT molecular complexity index is 789. The van der Waals surface area contributed by atoms with Crippen molar-refractivity contribution >= 4 is 5.91 Å². The minimum atomic E-state index is -0.433. The van der Waals surface area contributed by atoms with Crippen molar-refractivity contribution in [2.45, 2.75) is 38.3 Å². The Kier molecular flexibility index (Phi) is 5.73. The zero-order chi connectivity index (χ0) is 18.5. The summed E-state index contributed by atoms with van der Waals surface area (Å²) in [7, 11) is 1.51. The third-order valence-corrected chi connectivity index (χ3v) is 4.51. The van der Waals surface area contributed by atoms with Gasteiger partial charge in [0.25, 0.3) is 5.91 Å². The predicted molar refractivity (Wildman–Crippen MR) is 97.1 cm³/mol. The molecule has 0 heterocycles. The maximum atomic E-state index is 13.7. The average molecular weight is 358 g/mol. The average Bonchev–Trinajstić information content (AvgIpc) is 3.14. The SMILES string of the molecule is COc1ccc(C(=O)NC2CCCC2)cc1Oc1cc(F)cc(CN)c1. The van der Waals surface area contributed by atoms with Gasteiger partial charge in [0.15, 0.2) is 11.5 Å². The molecule has 0 saturated heterocycles. The van der Waals surface area contributed by atoms with Gasteiger partial charge < -0.3 is 20.5 Å². The Morgan fingerprint density at radius 2 is 1.96 bits per heavy atom. The highest BCUT2D eigenvalue weighted by Gasteiger charge is 2.19. The highest BCUT2D eigenvalue weighted by atomic mass is 19.1. The molecular weight excluding hydrogens is 335 g/mol. The molecule has 138 valence electrons. The fourth-order valence-electron chi connectivity index (χ4n) is 3.16. The number of nitrogens with two attached hydrogens (primary N) is 1. The number of rotatable bonds is 6. The maximum Gasteiger partial charge on any atom is 0.251 e. The molecule has 0 radical (unpaired) electrons. The lowest BCUT2D eigenvalue weighted by Gasteiger charge is -2.15. The second kappa shape index (κ2) is 8.19. The zero-order valence-electron chi connectivity index (χ0n) is 14.8. The molecular formula is C20H23FN2O3. The van der Waals surface area contributed by atoms with Crippen LogP contribution in [0.1, 0.15) is 41.6 Å². The van der Waals surface area contributed by atoms with Gasteiger partial charge in [-0.15, -0.1) is 0 Å². The van der Waals surface area contributed by atoms with Crippen LogP contribution in [0.3, 0.4) is 0 Å². The first-order valence-corrected chi connectivity index (χ1v) is 8.75. The van der Waals surface area contributed by atoms with Gasteiger partial charge in [-0.05, 0) is 48.7 Å². The van der Waals surface area contributed by atoms with Gasteiger partial charge in [-0.2, -0.15) is 0 Å². The van der Waals surface area contributed by atoms with Crippen molar-refractivity contribution in [1.82, 2.24) is 5.32 Å². The lowest BCUT2D eigenvalue weighted by molar-refractivity contribution is 0.0937. The summed E-state index contributed by atoms with van der Waals surface area (Å²) in [6.45, 7) is 0.203. The molecule has 1 aliphatic carbocycles. The van der Waals surface area contributed by atoms with Crippen LogP contribution in [0.15, 0.2) is 36.4 Å². The molecule has 1 amide bonds. The first-order valence-electron chi connectivity index (χ1n) is 8.75. The minimum absolute atomic E-state index is 0.147. The summed E-state index contributed by atoms with van der Waals surface area (Å²) in [6.07, 6.45) is 4.31. The van der Waals surface area contributed by atoms with E-state index in [1.54, 1.807) is 24.3 Å². The molecule has 0 bridgehead atoms. The van der Waals surface area contributed by atoms with E-state index in [0.29, 0.717) is 28.4 Å². The van der Waals surface area contributed by atoms with E-state index in [1.165, 1.54) is 19.2 Å². The maximum absolute atomic E-state index is 13.7. The number of carbonyl (C=O) groups excluding carboxylic acids is 1. The van der Waals surface area contributed by atoms with E-state index >= 15 is 0 Å². The van der Waals surface area contributed by atoms with E-state index < -0.39 is 5.82 Å². The number of hydrogen-bond acceptors (Lipinski definition) is 4. The van der Waals surface area contributed by atoms with Crippen LogP contribution in [0, 0.1) is 5.82 Å². The van der Waals surface area contributed by atoms with Crippen LogP contribution in [0.25, 0.3) is 0 Å². The summed E-state index contributed by atoms with van der Waals surface area (Å²) in [5, 5.41) is 3.04. The normalized spacial score (nSPS) is 14.3. The van der Waals surface area contributed by atoms with Gasteiger partial charge in [0.05, 0.1) is 7.11 Å². The van der Waals surface area contributed by atoms with E-state index in [2.05, 4.69) is 5.32 Å². The number of amides is 1. The van der Waals surface area contributed by atoms with Crippen LogP contribution in [-0.2, 0) is 6.54 Å². The van der Waals surface area contributed by atoms with Gasteiger partial charge in [0, 0.05) is 24.2 Å². The van der Waals surface area contributed by atoms with Crippen molar-refractivity contribution in [3.05, 3.63) is 53.3 Å². The predicted octanol–water partition coefficient (Wildman–Crippen LogP) is 3.76. The Hall–Kier alpha value is -2.60. The topological polar surface area (TPSA) is 73.6 Å². The Balaban J connectivity index is 1.83. The molecule has 26 heavy (non-hydrogen) atoms. The third kappa shape index (κ3) is 4.32. The molecule has 1 fully saturated rings. The van der Waals surface area contributed by atoms with Gasteiger partial charge >= 0.3 is 0 Å². The molecule has 3 rings (SSSR count). The Labute approximate surface area is 152 Å². The second-order valence-electron chi connectivity index (χ2n) is 6.42. The zero-order valence-corrected chi connectivity index (χ0v) is 14.8. The van der Waals surface area contributed by atoms with E-state index in [9.17, 15) is 9.18 Å². The standard InChI is InChI=1S/C20H23FN2O3/c1-25-18-7-6-14(20(24)23-16-4-2-3-5-16)10-19(18)26-17-9-13(12-22)8-15(21)11-17/h6-11,16H,2-5,12,22H2,1H3,(H,23,24). The highest BCUT2D eigenvalue weighted by molar-refractivity contribution is 5.95. The molecule has 5 nitrogen and oxygen atoms in total. The van der Waals surface area contributed by atoms with Gasteiger partial charge in [0.2, 0.25) is 0 Å². The molecule has 0 atom stereocenters. The first kappa shape index (κ1) is 18.2. The monoisotopic (exact) mass is 358 g/mol. The fourth-order valence-corrected chi connectivity index (χ4v) is 3.16. The summed E-state index contributed by atoms with van der Waals surface area (Å²) >= 11 is 0. The molecule has 0 spiro atoms. The van der Waals surface area contributed by atoms with Gasteiger partial charge in [-0.25, -0.2) is 4.39 Å². The van der Waals surface area contributed by atoms with Crippen LogP contribution in [0.5, 0.6) is 17.2 Å². The van der Waals surface area contributed by atoms with Crippen LogP contribution in [-0.4, -0.2) is 19.1 Å². The van der Waals surface area contributed by atoms with E-state index in [-0.39, 0.29) is 18.5 Å². The smallest absolute Gasteiger partial charge is 0.251 e. The number of hydrogen-bond donors (Lipinski definition) is 2. The van der Waals surface area contributed by atoms with E-state index in [4.69, 9.17) is 15.2 Å². The molecule has 0 aliphatic heterocycles. The molecule has 3 N–H and O–H groups in total. The molecule has 6 heteroatoms. The summed E-state index contributed by atoms with van der Waals surface area (Å²) < 4.78 is 24.8. The van der Waals surface area contributed by atoms with Crippen molar-refractivity contribution in [1.29, 1.82) is 0 Å². The summed E-state index contributed by atoms with van der Waals surface area (Å²) in [5.74, 6) is 0.529. The number of benzene rings is 2. The van der Waals surface area contributed by atoms with E-state index in [1.807, 2.05) is 0 Å². The highest BCUT2D eigenvalue weighted by Crippen LogP contribution is 2.33. The lowest BCUT2D eigenvalue weighted by Crippen LogP contribution is -2.32. The van der Waals surface area contributed by atoms with Crippen LogP contribution in [0.4, 0.5) is 4.39 Å². The second-order valence-corrected chi connectivity index (χ2v) is 6.42. The minimum Gasteiger partial charge on any atom is -0.493 e. The molecule has 1 saturated carbocycles. The Morgan fingerprint density at radius 3 is 2.65 bits per heavy atom. The largest absolute Gasteiger partial charge is 0.493 e. The van der Waals surface area contributed by atoms with Gasteiger partial charge in [0.1, 0.15) is 11.6 Å². The van der Waals surface area contributed by atoms with Crippen molar-refractivity contribution in [3.8, 4) is 17.2 Å². The van der Waals surface area contributed by atoms with Gasteiger partial charge in [-0.3, -0.25) is 4.79 Å². The van der Waals surface area contributed by atoms with Crippen molar-refractivity contribution in [2.24, 2.45) is 5.73 Å². The molecule has 2 aromatic rings. The van der Waals surface area contributed by atoms with E-state index in [0.717, 1.165) is 25.7 Å². The lowest BCUT2D eigenvalue weighted by atomic mass is 10.1. The van der Waals surface area contributed by atoms with Crippen molar-refractivity contribution < 1.29 is 18.7 Å². The fraction of sp³-hybridized carbons (Fsp3) is 0.350. The quantitative estimate of drug-likeness (QED) is 0.825. The first-order chi connectivity index (χ1) is 12.6. The van der Waals surface area contributed by atoms with Gasteiger partial charge in [-0.1, -0.05) is 12.8 Å². The summed E-state index contributed by atoms with van der Waals surface area (Å²) in [4.78, 5) is 12.5. The number of methoxy groups -OCH3 is 1. The number of ether oxygens (including phenoxy) is 2. The molecule has 0 unspecified atom stereocenters. The molecule has 0 aromatic heterocycles. The van der Waals surface area contributed by atoms with Crippen LogP contribution in [0.2, 0.25) is 0 Å². The van der Waals surface area contributed by atoms with Crippen molar-refractivity contribution in [3.63, 3.8) is 0 Å². The third-order valence-electron chi connectivity index (χ3n) is 4.51. The summed E-state index contributed by atoms with van der Waals surface area (Å²) in [6, 6.07) is 9.47.